The van der Waals surface area contributed by atoms with Crippen molar-refractivity contribution in [3.8, 4) is 0 Å². The molecule has 1 aliphatic rings. The highest BCUT2D eigenvalue weighted by molar-refractivity contribution is 6.55. The molecule has 9 heteroatoms. The molecule has 1 aliphatic carbocycles. The fourth-order valence-corrected chi connectivity index (χ4v) is 2.72. The van der Waals surface area contributed by atoms with E-state index in [0.29, 0.717) is 0 Å². The molecule has 0 radical (unpaired) electrons. The minimum atomic E-state index is -2.04. The molecular weight excluding hydrogens is 328 g/mol. The maximum atomic E-state index is 11.8. The van der Waals surface area contributed by atoms with E-state index in [2.05, 4.69) is 0 Å². The quantitative estimate of drug-likeness (QED) is 0.260. The van der Waals surface area contributed by atoms with Crippen molar-refractivity contribution in [1.29, 1.82) is 0 Å². The molecule has 1 aromatic carbocycles. The van der Waals surface area contributed by atoms with E-state index in [0.717, 1.165) is 0 Å². The summed E-state index contributed by atoms with van der Waals surface area (Å²) in [7, 11) is 0. The van der Waals surface area contributed by atoms with Crippen molar-refractivity contribution in [1.82, 2.24) is 0 Å². The number of nitrogens with zero attached hydrogens (tertiary/aromatic N) is 1. The van der Waals surface area contributed by atoms with Crippen LogP contribution in [0.5, 0.6) is 0 Å². The number of nitro groups is 1. The number of ketones is 2. The molecule has 0 saturated carbocycles. The van der Waals surface area contributed by atoms with E-state index in [1.807, 2.05) is 0 Å². The first-order valence-corrected chi connectivity index (χ1v) is 5.88. The zero-order valence-corrected chi connectivity index (χ0v) is 11.2. The van der Waals surface area contributed by atoms with Gasteiger partial charge in [-0.15, -0.1) is 0 Å². The maximum Gasteiger partial charge on any atom is 0.336 e. The molecule has 0 fully saturated rings. The second kappa shape index (κ2) is 4.35. The third-order valence-corrected chi connectivity index (χ3v) is 4.27. The monoisotopic (exact) mass is 327 g/mol. The smallest absolute Gasteiger partial charge is 0.286 e. The summed E-state index contributed by atoms with van der Waals surface area (Å²) in [6.45, 7) is 0. The lowest BCUT2D eigenvalue weighted by Crippen LogP contribution is -2.31. The van der Waals surface area contributed by atoms with E-state index < -0.39 is 22.5 Å². The average Bonchev–Trinajstić information content (AvgIpc) is 2.55. The summed E-state index contributed by atoms with van der Waals surface area (Å²) < 4.78 is 0. The Morgan fingerprint density at radius 1 is 0.833 bits per heavy atom. The molecule has 0 atom stereocenters. The first-order valence-electron chi connectivity index (χ1n) is 4.36. The number of fused-ring (bicyclic) bond motifs is 1. The Morgan fingerprint density at radius 3 is 1.44 bits per heavy atom. The standard InChI is InChI=1S/C9HCl4NO4/c10-3-1-2(4(11)6(13)5(3)12)9(16)7(8(1)15)14(17)18/h7H. The van der Waals surface area contributed by atoms with Gasteiger partial charge in [-0.2, -0.15) is 0 Å². The average molecular weight is 329 g/mol. The molecular formula is C9HCl4NO4. The number of Topliss-reactive ketones (excluding diaryl/α,β-unsaturated/α-hetero) is 2. The molecule has 0 saturated heterocycles. The van der Waals surface area contributed by atoms with Crippen LogP contribution in [0.1, 0.15) is 20.7 Å². The van der Waals surface area contributed by atoms with E-state index in [4.69, 9.17) is 46.4 Å². The van der Waals surface area contributed by atoms with Gasteiger partial charge in [0.05, 0.1) is 31.2 Å². The molecule has 0 spiro atoms. The lowest BCUT2D eigenvalue weighted by atomic mass is 10.1. The third-order valence-electron chi connectivity index (χ3n) is 2.47. The SMILES string of the molecule is O=C1c2c(Cl)c(Cl)c(Cl)c(Cl)c2C(=O)C1[N+](=O)[O-]. The van der Waals surface area contributed by atoms with Crippen molar-refractivity contribution < 1.29 is 14.5 Å². The fourth-order valence-electron chi connectivity index (χ4n) is 1.68. The molecule has 94 valence electrons. The van der Waals surface area contributed by atoms with Crippen LogP contribution < -0.4 is 0 Å². The van der Waals surface area contributed by atoms with Gasteiger partial charge in [0, 0.05) is 4.92 Å². The number of rotatable bonds is 1. The number of carbonyl (C=O) groups excluding carboxylic acids is 2. The Balaban J connectivity index is 2.85. The highest BCUT2D eigenvalue weighted by Gasteiger charge is 2.51. The number of hydrogen-bond donors (Lipinski definition) is 0. The second-order valence-corrected chi connectivity index (χ2v) is 4.93. The molecule has 18 heavy (non-hydrogen) atoms. The number of carbonyl (C=O) groups is 2. The molecule has 2 rings (SSSR count). The minimum absolute atomic E-state index is 0.216. The van der Waals surface area contributed by atoms with Gasteiger partial charge in [-0.1, -0.05) is 46.4 Å². The Bertz CT molecular complexity index is 581. The predicted octanol–water partition coefficient (Wildman–Crippen LogP) is 3.32. The van der Waals surface area contributed by atoms with Crippen molar-refractivity contribution >= 4 is 58.0 Å². The van der Waals surface area contributed by atoms with Gasteiger partial charge < -0.3 is 0 Å². The van der Waals surface area contributed by atoms with Crippen LogP contribution in [0.25, 0.3) is 0 Å². The van der Waals surface area contributed by atoms with E-state index in [1.54, 1.807) is 0 Å². The molecule has 0 aromatic heterocycles. The van der Waals surface area contributed by atoms with Crippen LogP contribution in [0.3, 0.4) is 0 Å². The van der Waals surface area contributed by atoms with Gasteiger partial charge in [-0.25, -0.2) is 0 Å². The van der Waals surface area contributed by atoms with Crippen LogP contribution in [0, 0.1) is 10.1 Å². The summed E-state index contributed by atoms with van der Waals surface area (Å²) >= 11 is 23.0. The summed E-state index contributed by atoms with van der Waals surface area (Å²) in [5.74, 6) is -2.07. The molecule has 0 heterocycles. The lowest BCUT2D eigenvalue weighted by Gasteiger charge is -2.06. The Hall–Kier alpha value is -0.880. The van der Waals surface area contributed by atoms with Crippen LogP contribution in [-0.4, -0.2) is 22.5 Å². The van der Waals surface area contributed by atoms with Crippen LogP contribution in [0.15, 0.2) is 0 Å². The lowest BCUT2D eigenvalue weighted by molar-refractivity contribution is -0.488. The normalized spacial score (nSPS) is 15.1. The van der Waals surface area contributed by atoms with E-state index >= 15 is 0 Å². The summed E-state index contributed by atoms with van der Waals surface area (Å²) in [6.07, 6.45) is 0. The van der Waals surface area contributed by atoms with Crippen molar-refractivity contribution in [2.24, 2.45) is 0 Å². The maximum absolute atomic E-state index is 11.8. The summed E-state index contributed by atoms with van der Waals surface area (Å²) in [5.41, 5.74) is -0.689. The zero-order chi connectivity index (χ0) is 13.8. The number of benzene rings is 1. The first-order chi connectivity index (χ1) is 8.29. The van der Waals surface area contributed by atoms with Crippen molar-refractivity contribution in [3.63, 3.8) is 0 Å². The second-order valence-electron chi connectivity index (χ2n) is 3.42. The summed E-state index contributed by atoms with van der Waals surface area (Å²) in [6, 6.07) is -2.04. The van der Waals surface area contributed by atoms with Crippen LogP contribution >= 0.6 is 46.4 Å². The van der Waals surface area contributed by atoms with Crippen LogP contribution in [-0.2, 0) is 0 Å². The van der Waals surface area contributed by atoms with Gasteiger partial charge in [0.2, 0.25) is 11.6 Å². The minimum Gasteiger partial charge on any atom is -0.286 e. The molecule has 0 bridgehead atoms. The Morgan fingerprint density at radius 2 is 1.17 bits per heavy atom. The van der Waals surface area contributed by atoms with Crippen molar-refractivity contribution in [2.45, 2.75) is 6.04 Å². The van der Waals surface area contributed by atoms with E-state index in [9.17, 15) is 19.7 Å². The Kier molecular flexibility index (Phi) is 3.27. The molecule has 0 aliphatic heterocycles. The van der Waals surface area contributed by atoms with Crippen molar-refractivity contribution in [3.05, 3.63) is 41.3 Å². The van der Waals surface area contributed by atoms with E-state index in [1.165, 1.54) is 0 Å². The van der Waals surface area contributed by atoms with Gasteiger partial charge in [-0.3, -0.25) is 19.7 Å². The fraction of sp³-hybridized carbons (Fsp3) is 0.111. The van der Waals surface area contributed by atoms with Crippen LogP contribution in [0.4, 0.5) is 0 Å². The summed E-state index contributed by atoms with van der Waals surface area (Å²) in [4.78, 5) is 33.3. The molecule has 0 N–H and O–H groups in total. The highest BCUT2D eigenvalue weighted by Crippen LogP contribution is 2.45. The predicted molar refractivity (Wildman–Crippen MR) is 65.9 cm³/mol. The summed E-state index contributed by atoms with van der Waals surface area (Å²) in [5, 5.41) is 9.66. The molecule has 5 nitrogen and oxygen atoms in total. The van der Waals surface area contributed by atoms with Gasteiger partial charge in [0.1, 0.15) is 0 Å². The zero-order valence-electron chi connectivity index (χ0n) is 8.17. The number of halogens is 4. The van der Waals surface area contributed by atoms with Crippen LogP contribution in [0.2, 0.25) is 20.1 Å². The molecule has 0 unspecified atom stereocenters. The van der Waals surface area contributed by atoms with Gasteiger partial charge in [-0.05, 0) is 0 Å². The van der Waals surface area contributed by atoms with Gasteiger partial charge in [0.25, 0.3) is 0 Å². The van der Waals surface area contributed by atoms with Crippen molar-refractivity contribution in [2.75, 3.05) is 0 Å². The molecule has 0 amide bonds. The first kappa shape index (κ1) is 13.5. The topological polar surface area (TPSA) is 77.3 Å². The Labute approximate surface area is 120 Å². The van der Waals surface area contributed by atoms with E-state index in [-0.39, 0.29) is 31.2 Å². The largest absolute Gasteiger partial charge is 0.336 e. The third kappa shape index (κ3) is 1.62. The van der Waals surface area contributed by atoms with Gasteiger partial charge >= 0.3 is 6.04 Å². The number of hydrogen-bond acceptors (Lipinski definition) is 4. The molecule has 1 aromatic rings. The van der Waals surface area contributed by atoms with Gasteiger partial charge in [0.15, 0.2) is 0 Å². The highest BCUT2D eigenvalue weighted by atomic mass is 35.5.